The van der Waals surface area contributed by atoms with Gasteiger partial charge in [-0.2, -0.15) is 0 Å². The molecule has 2 aromatic heterocycles. The van der Waals surface area contributed by atoms with E-state index in [9.17, 15) is 35.1 Å². The van der Waals surface area contributed by atoms with Gasteiger partial charge < -0.3 is 45.6 Å². The van der Waals surface area contributed by atoms with E-state index in [1.807, 2.05) is 54.9 Å². The fraction of sp³-hybridized carbons (Fsp3) is 0.385. The van der Waals surface area contributed by atoms with Gasteiger partial charge in [0, 0.05) is 67.0 Å². The van der Waals surface area contributed by atoms with Crippen molar-refractivity contribution in [3.05, 3.63) is 140 Å². The molecule has 4 bridgehead atoms. The number of H-pyrrole nitrogens is 2. The number of carbonyl (C=O) groups excluding carboxylic acids is 2. The lowest BCUT2D eigenvalue weighted by molar-refractivity contribution is -0.129. The molecule has 4 aliphatic rings. The summed E-state index contributed by atoms with van der Waals surface area (Å²) < 4.78 is 6.37. The zero-order valence-corrected chi connectivity index (χ0v) is 35.5. The number of nitrogens with one attached hydrogen (secondary N) is 3. The zero-order chi connectivity index (χ0) is 43.7. The van der Waals surface area contributed by atoms with Crippen molar-refractivity contribution in [2.45, 2.75) is 107 Å². The fourth-order valence-electron chi connectivity index (χ4n) is 10.4. The minimum absolute atomic E-state index is 0.0389. The van der Waals surface area contributed by atoms with E-state index >= 15 is 0 Å². The number of aryl methyl sites for hydroxylation is 3. The number of anilines is 1. The quantitative estimate of drug-likeness (QED) is 0.0748. The maximum atomic E-state index is 14.9. The van der Waals surface area contributed by atoms with Gasteiger partial charge in [0.15, 0.2) is 11.5 Å². The van der Waals surface area contributed by atoms with Crippen LogP contribution in [0.4, 0.5) is 5.82 Å². The molecule has 0 radical (unpaired) electrons. The molecule has 3 heterocycles. The Morgan fingerprint density at radius 1 is 0.857 bits per heavy atom. The van der Waals surface area contributed by atoms with E-state index in [2.05, 4.69) is 15.3 Å². The highest BCUT2D eigenvalue weighted by Crippen LogP contribution is 2.47. The van der Waals surface area contributed by atoms with Crippen LogP contribution in [0.1, 0.15) is 126 Å². The molecule has 328 valence electrons. The van der Waals surface area contributed by atoms with Gasteiger partial charge in [-0.25, -0.2) is 0 Å². The summed E-state index contributed by atoms with van der Waals surface area (Å²) in [6.45, 7) is 0.322. The normalized spacial score (nSPS) is 22.9. The number of ketones is 2. The van der Waals surface area contributed by atoms with E-state index in [1.165, 1.54) is 0 Å². The number of ether oxygens (including phenoxy) is 1. The van der Waals surface area contributed by atoms with Gasteiger partial charge in [-0.15, -0.1) is 0 Å². The lowest BCUT2D eigenvalue weighted by atomic mass is 9.68. The summed E-state index contributed by atoms with van der Waals surface area (Å²) >= 11 is 0. The number of rotatable bonds is 7. The summed E-state index contributed by atoms with van der Waals surface area (Å²) in [6, 6.07) is 18.7. The van der Waals surface area contributed by atoms with Crippen molar-refractivity contribution in [1.29, 1.82) is 0 Å². The second-order valence-electron chi connectivity index (χ2n) is 18.0. The number of fused-ring (bicyclic) bond motifs is 8. The summed E-state index contributed by atoms with van der Waals surface area (Å²) in [6.07, 6.45) is 14.6. The van der Waals surface area contributed by atoms with Crippen LogP contribution in [-0.4, -0.2) is 71.9 Å². The van der Waals surface area contributed by atoms with Crippen LogP contribution in [-0.2, 0) is 35.3 Å². The Morgan fingerprint density at radius 2 is 1.70 bits per heavy atom. The van der Waals surface area contributed by atoms with Gasteiger partial charge in [0.05, 0.1) is 18.1 Å². The largest absolute Gasteiger partial charge is 0.507 e. The zero-order valence-electron chi connectivity index (χ0n) is 35.5. The molecule has 5 aromatic rings. The monoisotopic (exact) mass is 851 g/mol. The first-order chi connectivity index (χ1) is 30.6. The molecule has 8 N–H and O–H groups in total. The van der Waals surface area contributed by atoms with Crippen LogP contribution in [0.25, 0.3) is 12.2 Å². The van der Waals surface area contributed by atoms with Crippen LogP contribution < -0.4 is 10.1 Å². The van der Waals surface area contributed by atoms with Gasteiger partial charge in [-0.05, 0) is 145 Å². The average Bonchev–Trinajstić information content (AvgIpc) is 4.05. The summed E-state index contributed by atoms with van der Waals surface area (Å²) in [7, 11) is 0. The summed E-state index contributed by atoms with van der Waals surface area (Å²) in [4.78, 5) is 35.6. The van der Waals surface area contributed by atoms with Crippen LogP contribution in [0.3, 0.4) is 0 Å². The number of aliphatic hydroxyl groups is 3. The average molecular weight is 852 g/mol. The van der Waals surface area contributed by atoms with Crippen LogP contribution in [0.2, 0.25) is 0 Å². The molecule has 11 heteroatoms. The van der Waals surface area contributed by atoms with E-state index in [4.69, 9.17) is 4.74 Å². The van der Waals surface area contributed by atoms with Crippen molar-refractivity contribution in [3.8, 4) is 17.2 Å². The topological polar surface area (TPSA) is 188 Å². The fourth-order valence-corrected chi connectivity index (χ4v) is 10.4. The number of hydrogen-bond acceptors (Lipinski definition) is 9. The summed E-state index contributed by atoms with van der Waals surface area (Å²) in [5.41, 5.74) is 7.37. The minimum atomic E-state index is -1.32. The van der Waals surface area contributed by atoms with Gasteiger partial charge in [0.25, 0.3) is 0 Å². The van der Waals surface area contributed by atoms with Crippen molar-refractivity contribution >= 4 is 29.5 Å². The van der Waals surface area contributed by atoms with Crippen molar-refractivity contribution < 1.29 is 39.9 Å². The van der Waals surface area contributed by atoms with Crippen LogP contribution in [0.5, 0.6) is 17.2 Å². The summed E-state index contributed by atoms with van der Waals surface area (Å²) in [5, 5.41) is 60.1. The standard InChI is InChI=1S/C52H57N3O8/c56-22-4-6-32-11-12-34-25-36(32)26-35-16-20-54-51(35)55-30-37-27-44-41(17-21-53-44)43(29-52(62)18-14-33-5-3-9-45(58)40(33)15-19-52)48(37)46(59)28-38(57)13-10-31-23-42(49(34)60)50(61)47(24-31)63-39-7-1-2-8-39/h3,5,9,11-12,15-17,19-21,23-25,27,39,43,48-49,53-56,58,60-62H,1-2,4,6-8,10,13-14,18,22,26,28-30H2/t43-,48-,49-,52-/m1/s1. The van der Waals surface area contributed by atoms with Gasteiger partial charge >= 0.3 is 0 Å². The Hall–Kier alpha value is -5.88. The molecule has 1 fully saturated rings. The Kier molecular flexibility index (Phi) is 12.2. The SMILES string of the molecule is O=C1CCc2cc(OC3CCCC3)c(O)c(c2)[C@H](O)c2ccc(CCCO)c(c2)Cc2cc[nH]c2NCC2=Cc3[nH]ccc3[C@@H](C[C@]3(O)C=Cc4c(O)cccc4CC3)[C@@H]2C(=O)C1. The first-order valence-corrected chi connectivity index (χ1v) is 22.5. The molecule has 9 rings (SSSR count). The first-order valence-electron chi connectivity index (χ1n) is 22.5. The van der Waals surface area contributed by atoms with Crippen molar-refractivity contribution in [3.63, 3.8) is 0 Å². The number of Topliss-reactive ketones (excluding diaryl/α,β-unsaturated/α-hetero) is 2. The summed E-state index contributed by atoms with van der Waals surface area (Å²) in [5.74, 6) is -0.611. The van der Waals surface area contributed by atoms with E-state index in [-0.39, 0.29) is 79.3 Å². The number of aliphatic hydroxyl groups excluding tert-OH is 2. The van der Waals surface area contributed by atoms with Crippen molar-refractivity contribution in [1.82, 2.24) is 9.97 Å². The van der Waals surface area contributed by atoms with Gasteiger partial charge in [0.2, 0.25) is 0 Å². The molecule has 4 atom stereocenters. The maximum absolute atomic E-state index is 14.9. The number of aromatic amines is 2. The molecule has 3 aliphatic carbocycles. The Labute approximate surface area is 367 Å². The maximum Gasteiger partial charge on any atom is 0.163 e. The molecule has 1 saturated carbocycles. The van der Waals surface area contributed by atoms with E-state index < -0.39 is 23.5 Å². The van der Waals surface area contributed by atoms with Crippen molar-refractivity contribution in [2.24, 2.45) is 5.92 Å². The Morgan fingerprint density at radius 3 is 2.54 bits per heavy atom. The van der Waals surface area contributed by atoms with Gasteiger partial charge in [-0.3, -0.25) is 9.59 Å². The molecule has 3 aromatic carbocycles. The molecular weight excluding hydrogens is 795 g/mol. The molecular formula is C52H57N3O8. The number of carbonyl (C=O) groups is 2. The van der Waals surface area contributed by atoms with Gasteiger partial charge in [-0.1, -0.05) is 42.5 Å². The highest BCUT2D eigenvalue weighted by atomic mass is 16.5. The molecule has 0 amide bonds. The molecule has 63 heavy (non-hydrogen) atoms. The predicted molar refractivity (Wildman–Crippen MR) is 242 cm³/mol. The van der Waals surface area contributed by atoms with Crippen molar-refractivity contribution in [2.75, 3.05) is 18.5 Å². The lowest BCUT2D eigenvalue weighted by Gasteiger charge is -2.37. The van der Waals surface area contributed by atoms with E-state index in [0.717, 1.165) is 70.6 Å². The number of aromatic nitrogens is 2. The van der Waals surface area contributed by atoms with E-state index in [0.29, 0.717) is 48.8 Å². The minimum Gasteiger partial charge on any atom is -0.507 e. The second kappa shape index (κ2) is 18.1. The Balaban J connectivity index is 1.10. The van der Waals surface area contributed by atoms with Crippen LogP contribution in [0, 0.1) is 5.92 Å². The van der Waals surface area contributed by atoms with E-state index in [1.54, 1.807) is 36.4 Å². The molecule has 0 unspecified atom stereocenters. The van der Waals surface area contributed by atoms with Gasteiger partial charge in [0.1, 0.15) is 29.2 Å². The number of aromatic hydroxyl groups is 2. The Bertz CT molecular complexity index is 2560. The first kappa shape index (κ1) is 42.4. The molecule has 0 saturated heterocycles. The highest BCUT2D eigenvalue weighted by molar-refractivity contribution is 6.02. The van der Waals surface area contributed by atoms with Crippen LogP contribution >= 0.6 is 0 Å². The third-order valence-corrected chi connectivity index (χ3v) is 13.8. The third-order valence-electron chi connectivity index (χ3n) is 13.8. The molecule has 0 spiro atoms. The number of phenolic OH excluding ortho intramolecular Hbond substituents is 2. The second-order valence-corrected chi connectivity index (χ2v) is 18.0. The lowest BCUT2D eigenvalue weighted by Crippen LogP contribution is -2.37. The van der Waals surface area contributed by atoms with Crippen LogP contribution in [0.15, 0.2) is 84.7 Å². The predicted octanol–water partition coefficient (Wildman–Crippen LogP) is 8.14. The highest BCUT2D eigenvalue weighted by Gasteiger charge is 2.42. The number of hydrogen-bond donors (Lipinski definition) is 8. The smallest absolute Gasteiger partial charge is 0.163 e. The molecule has 1 aliphatic heterocycles. The number of benzene rings is 3. The third kappa shape index (κ3) is 9.00. The number of phenols is 2. The molecule has 11 nitrogen and oxygen atoms in total.